The Hall–Kier alpha value is -1.92. The highest BCUT2D eigenvalue weighted by molar-refractivity contribution is 7.13. The highest BCUT2D eigenvalue weighted by Gasteiger charge is 2.19. The van der Waals surface area contributed by atoms with Gasteiger partial charge in [0.1, 0.15) is 0 Å². The van der Waals surface area contributed by atoms with Gasteiger partial charge in [0.05, 0.1) is 4.92 Å². The molecule has 3 rings (SSSR count). The molecule has 0 unspecified atom stereocenters. The van der Waals surface area contributed by atoms with Crippen LogP contribution in [0.3, 0.4) is 0 Å². The third kappa shape index (κ3) is 2.52. The number of thiophene rings is 1. The van der Waals surface area contributed by atoms with Crippen molar-refractivity contribution in [3.63, 3.8) is 0 Å². The molecule has 20 heavy (non-hydrogen) atoms. The average Bonchev–Trinajstić information content (AvgIpc) is 2.88. The van der Waals surface area contributed by atoms with Crippen molar-refractivity contribution in [3.05, 3.63) is 56.5 Å². The highest BCUT2D eigenvalue weighted by Crippen LogP contribution is 2.27. The molecular weight excluding hydrogens is 274 g/mol. The van der Waals surface area contributed by atoms with Crippen molar-refractivity contribution >= 4 is 22.0 Å². The Morgan fingerprint density at radius 2 is 2.30 bits per heavy atom. The standard InChI is InChI=1S/C14H15N3O2S/c15-13-3-1-2-11-4-5-16(8-12(11)13)7-10-6-14(17(18)19)20-9-10/h1-3,6,9H,4-5,7-8,15H2. The number of rotatable bonds is 3. The molecular formula is C14H15N3O2S. The van der Waals surface area contributed by atoms with Crippen molar-refractivity contribution in [2.24, 2.45) is 0 Å². The van der Waals surface area contributed by atoms with E-state index in [1.807, 2.05) is 17.5 Å². The first-order chi connectivity index (χ1) is 9.63. The van der Waals surface area contributed by atoms with Gasteiger partial charge in [-0.15, -0.1) is 0 Å². The van der Waals surface area contributed by atoms with Gasteiger partial charge in [-0.2, -0.15) is 0 Å². The lowest BCUT2D eigenvalue weighted by Gasteiger charge is -2.29. The van der Waals surface area contributed by atoms with Crippen LogP contribution in [0.2, 0.25) is 0 Å². The second-order valence-electron chi connectivity index (χ2n) is 5.00. The molecule has 0 bridgehead atoms. The minimum Gasteiger partial charge on any atom is -0.398 e. The van der Waals surface area contributed by atoms with Gasteiger partial charge in [0.25, 0.3) is 0 Å². The van der Waals surface area contributed by atoms with Gasteiger partial charge in [0.2, 0.25) is 0 Å². The molecule has 1 aliphatic heterocycles. The van der Waals surface area contributed by atoms with E-state index in [2.05, 4.69) is 11.0 Å². The lowest BCUT2D eigenvalue weighted by Crippen LogP contribution is -2.30. The van der Waals surface area contributed by atoms with Gasteiger partial charge in [0.15, 0.2) is 0 Å². The van der Waals surface area contributed by atoms with E-state index < -0.39 is 0 Å². The first-order valence-corrected chi connectivity index (χ1v) is 7.32. The Morgan fingerprint density at radius 3 is 3.05 bits per heavy atom. The summed E-state index contributed by atoms with van der Waals surface area (Å²) in [6, 6.07) is 7.71. The zero-order chi connectivity index (χ0) is 14.1. The summed E-state index contributed by atoms with van der Waals surface area (Å²) >= 11 is 1.18. The molecule has 2 aromatic rings. The molecule has 0 radical (unpaired) electrons. The number of nitrogens with zero attached hydrogens (tertiary/aromatic N) is 2. The van der Waals surface area contributed by atoms with Crippen molar-refractivity contribution in [1.29, 1.82) is 0 Å². The summed E-state index contributed by atoms with van der Waals surface area (Å²) in [7, 11) is 0. The van der Waals surface area contributed by atoms with Crippen LogP contribution in [0, 0.1) is 10.1 Å². The number of fused-ring (bicyclic) bond motifs is 1. The Morgan fingerprint density at radius 1 is 1.45 bits per heavy atom. The second-order valence-corrected chi connectivity index (χ2v) is 5.89. The molecule has 0 fully saturated rings. The molecule has 0 atom stereocenters. The van der Waals surface area contributed by atoms with Crippen LogP contribution in [0.15, 0.2) is 29.6 Å². The van der Waals surface area contributed by atoms with Crippen LogP contribution in [-0.2, 0) is 19.5 Å². The maximum atomic E-state index is 10.7. The van der Waals surface area contributed by atoms with Crippen molar-refractivity contribution < 1.29 is 4.92 Å². The summed E-state index contributed by atoms with van der Waals surface area (Å²) in [4.78, 5) is 12.6. The van der Waals surface area contributed by atoms with E-state index in [4.69, 9.17) is 5.73 Å². The van der Waals surface area contributed by atoms with Crippen LogP contribution in [0.4, 0.5) is 10.7 Å². The van der Waals surface area contributed by atoms with Gasteiger partial charge < -0.3 is 5.73 Å². The summed E-state index contributed by atoms with van der Waals surface area (Å²) in [6.45, 7) is 2.50. The van der Waals surface area contributed by atoms with Crippen molar-refractivity contribution in [2.45, 2.75) is 19.5 Å². The van der Waals surface area contributed by atoms with Crippen LogP contribution < -0.4 is 5.73 Å². The molecule has 1 aromatic heterocycles. The lowest BCUT2D eigenvalue weighted by molar-refractivity contribution is -0.380. The van der Waals surface area contributed by atoms with Crippen LogP contribution in [0.5, 0.6) is 0 Å². The monoisotopic (exact) mass is 289 g/mol. The van der Waals surface area contributed by atoms with Gasteiger partial charge >= 0.3 is 5.00 Å². The fourth-order valence-corrected chi connectivity index (χ4v) is 3.32. The number of nitrogen functional groups attached to an aromatic ring is 1. The van der Waals surface area contributed by atoms with Gasteiger partial charge in [-0.1, -0.05) is 23.5 Å². The number of nitrogens with two attached hydrogens (primary N) is 1. The molecule has 0 saturated heterocycles. The minimum absolute atomic E-state index is 0.205. The van der Waals surface area contributed by atoms with Gasteiger partial charge in [-0.05, 0) is 29.2 Å². The molecule has 1 aromatic carbocycles. The van der Waals surface area contributed by atoms with E-state index in [0.29, 0.717) is 0 Å². The number of hydrogen-bond donors (Lipinski definition) is 1. The van der Waals surface area contributed by atoms with E-state index in [1.54, 1.807) is 6.07 Å². The Labute approximate surface area is 120 Å². The fraction of sp³-hybridized carbons (Fsp3) is 0.286. The summed E-state index contributed by atoms with van der Waals surface area (Å²) in [5, 5.41) is 12.8. The van der Waals surface area contributed by atoms with Gasteiger partial charge in [-0.25, -0.2) is 0 Å². The van der Waals surface area contributed by atoms with Crippen molar-refractivity contribution in [1.82, 2.24) is 4.90 Å². The smallest absolute Gasteiger partial charge is 0.324 e. The Balaban J connectivity index is 1.74. The first-order valence-electron chi connectivity index (χ1n) is 6.44. The van der Waals surface area contributed by atoms with Crippen LogP contribution in [0.1, 0.15) is 16.7 Å². The molecule has 5 nitrogen and oxygen atoms in total. The summed E-state index contributed by atoms with van der Waals surface area (Å²) < 4.78 is 0. The van der Waals surface area contributed by atoms with E-state index in [1.165, 1.54) is 22.5 Å². The molecule has 104 valence electrons. The van der Waals surface area contributed by atoms with E-state index in [9.17, 15) is 10.1 Å². The minimum atomic E-state index is -0.336. The Kier molecular flexibility index (Phi) is 3.42. The third-order valence-corrected chi connectivity index (χ3v) is 4.54. The highest BCUT2D eigenvalue weighted by atomic mass is 32.1. The zero-order valence-electron chi connectivity index (χ0n) is 10.9. The van der Waals surface area contributed by atoms with Gasteiger partial charge in [-0.3, -0.25) is 15.0 Å². The van der Waals surface area contributed by atoms with E-state index >= 15 is 0 Å². The quantitative estimate of drug-likeness (QED) is 0.536. The normalized spacial score (nSPS) is 15.0. The SMILES string of the molecule is Nc1cccc2c1CN(Cc1csc([N+](=O)[O-])c1)CC2. The number of benzene rings is 1. The van der Waals surface area contributed by atoms with Crippen molar-refractivity contribution in [2.75, 3.05) is 12.3 Å². The molecule has 2 heterocycles. The number of anilines is 1. The molecule has 0 aliphatic carbocycles. The first kappa shape index (κ1) is 13.1. The Bertz CT molecular complexity index is 654. The van der Waals surface area contributed by atoms with Crippen LogP contribution in [-0.4, -0.2) is 16.4 Å². The largest absolute Gasteiger partial charge is 0.398 e. The maximum Gasteiger partial charge on any atom is 0.324 e. The molecule has 0 saturated carbocycles. The fourth-order valence-electron chi connectivity index (χ4n) is 2.60. The van der Waals surface area contributed by atoms with E-state index in [-0.39, 0.29) is 9.92 Å². The molecule has 2 N–H and O–H groups in total. The topological polar surface area (TPSA) is 72.4 Å². The van der Waals surface area contributed by atoms with Gasteiger partial charge in [0, 0.05) is 36.8 Å². The maximum absolute atomic E-state index is 10.7. The predicted molar refractivity (Wildman–Crippen MR) is 79.6 cm³/mol. The summed E-state index contributed by atoms with van der Waals surface area (Å²) in [6.07, 6.45) is 0.979. The molecule has 6 heteroatoms. The third-order valence-electron chi connectivity index (χ3n) is 3.61. The van der Waals surface area contributed by atoms with Crippen LogP contribution in [0.25, 0.3) is 0 Å². The average molecular weight is 289 g/mol. The summed E-state index contributed by atoms with van der Waals surface area (Å²) in [5.41, 5.74) is 10.4. The molecule has 0 amide bonds. The lowest BCUT2D eigenvalue weighted by atomic mass is 9.98. The molecule has 0 spiro atoms. The van der Waals surface area contributed by atoms with E-state index in [0.717, 1.165) is 37.3 Å². The second kappa shape index (κ2) is 5.22. The predicted octanol–water partition coefficient (Wildman–Crippen LogP) is 2.80. The summed E-state index contributed by atoms with van der Waals surface area (Å²) in [5.74, 6) is 0. The number of nitro groups is 1. The zero-order valence-corrected chi connectivity index (χ0v) is 11.7. The number of hydrogen-bond acceptors (Lipinski definition) is 5. The van der Waals surface area contributed by atoms with Crippen molar-refractivity contribution in [3.8, 4) is 0 Å². The van der Waals surface area contributed by atoms with Crippen LogP contribution >= 0.6 is 11.3 Å². The molecule has 1 aliphatic rings.